The number of anilines is 1. The summed E-state index contributed by atoms with van der Waals surface area (Å²) in [6.07, 6.45) is 0. The average Bonchev–Trinajstić information content (AvgIpc) is 2.64. The van der Waals surface area contributed by atoms with Gasteiger partial charge in [-0.25, -0.2) is 0 Å². The molecule has 0 radical (unpaired) electrons. The number of benzene rings is 1. The summed E-state index contributed by atoms with van der Waals surface area (Å²) in [5.41, 5.74) is 7.22. The molecule has 0 unspecified atom stereocenters. The lowest BCUT2D eigenvalue weighted by atomic mass is 10.1. The Hall–Kier alpha value is -1.68. The summed E-state index contributed by atoms with van der Waals surface area (Å²) in [7, 11) is 1.59. The van der Waals surface area contributed by atoms with Crippen LogP contribution in [0.25, 0.3) is 11.3 Å². The summed E-state index contributed by atoms with van der Waals surface area (Å²) in [4.78, 5) is 0. The SMILES string of the molecule is COc1cc(Cl)cc(-c2cc(N)n[nH]2)c1. The molecule has 0 saturated carbocycles. The van der Waals surface area contributed by atoms with Crippen molar-refractivity contribution in [2.24, 2.45) is 0 Å². The molecule has 2 rings (SSSR count). The molecule has 0 spiro atoms. The fraction of sp³-hybridized carbons (Fsp3) is 0.100. The standard InChI is InChI=1S/C10H10ClN3O/c1-15-8-3-6(2-7(11)4-8)9-5-10(12)14-13-9/h2-5H,1H3,(H3,12,13,14). The molecule has 1 aromatic carbocycles. The Morgan fingerprint density at radius 3 is 2.73 bits per heavy atom. The Labute approximate surface area is 92.0 Å². The Balaban J connectivity index is 2.48. The third-order valence-electron chi connectivity index (χ3n) is 2.02. The van der Waals surface area contributed by atoms with Crippen molar-refractivity contribution in [3.8, 4) is 17.0 Å². The predicted molar refractivity (Wildman–Crippen MR) is 60.0 cm³/mol. The molecule has 2 aromatic rings. The van der Waals surface area contributed by atoms with Gasteiger partial charge >= 0.3 is 0 Å². The van der Waals surface area contributed by atoms with Crippen LogP contribution in [0.15, 0.2) is 24.3 Å². The van der Waals surface area contributed by atoms with E-state index in [4.69, 9.17) is 22.1 Å². The van der Waals surface area contributed by atoms with E-state index in [2.05, 4.69) is 10.2 Å². The van der Waals surface area contributed by atoms with Gasteiger partial charge in [-0.15, -0.1) is 0 Å². The molecule has 0 aliphatic heterocycles. The van der Waals surface area contributed by atoms with E-state index >= 15 is 0 Å². The highest BCUT2D eigenvalue weighted by atomic mass is 35.5. The first-order valence-electron chi connectivity index (χ1n) is 4.35. The van der Waals surface area contributed by atoms with Gasteiger partial charge in [0, 0.05) is 16.7 Å². The van der Waals surface area contributed by atoms with E-state index in [1.807, 2.05) is 12.1 Å². The number of nitrogens with two attached hydrogens (primary N) is 1. The van der Waals surface area contributed by atoms with Crippen LogP contribution in [0.1, 0.15) is 0 Å². The van der Waals surface area contributed by atoms with Crippen molar-refractivity contribution in [1.82, 2.24) is 10.2 Å². The number of hydrogen-bond donors (Lipinski definition) is 2. The van der Waals surface area contributed by atoms with Crippen LogP contribution in [0.2, 0.25) is 5.02 Å². The quantitative estimate of drug-likeness (QED) is 0.821. The monoisotopic (exact) mass is 223 g/mol. The molecule has 1 aromatic heterocycles. The van der Waals surface area contributed by atoms with Crippen LogP contribution >= 0.6 is 11.6 Å². The summed E-state index contributed by atoms with van der Waals surface area (Å²) < 4.78 is 5.11. The topological polar surface area (TPSA) is 63.9 Å². The molecule has 0 fully saturated rings. The summed E-state index contributed by atoms with van der Waals surface area (Å²) in [6, 6.07) is 7.16. The van der Waals surface area contributed by atoms with Crippen molar-refractivity contribution < 1.29 is 4.74 Å². The number of nitrogens with zero attached hydrogens (tertiary/aromatic N) is 1. The lowest BCUT2D eigenvalue weighted by Gasteiger charge is -2.03. The lowest BCUT2D eigenvalue weighted by Crippen LogP contribution is -1.84. The molecule has 0 aliphatic carbocycles. The second-order valence-electron chi connectivity index (χ2n) is 3.09. The number of nitrogen functional groups attached to an aromatic ring is 1. The third kappa shape index (κ3) is 2.05. The first-order chi connectivity index (χ1) is 7.19. The zero-order valence-corrected chi connectivity index (χ0v) is 8.88. The van der Waals surface area contributed by atoms with Gasteiger partial charge in [-0.05, 0) is 18.2 Å². The van der Waals surface area contributed by atoms with Crippen molar-refractivity contribution in [2.75, 3.05) is 12.8 Å². The van der Waals surface area contributed by atoms with Gasteiger partial charge in [0.1, 0.15) is 11.6 Å². The van der Waals surface area contributed by atoms with Crippen molar-refractivity contribution in [3.63, 3.8) is 0 Å². The van der Waals surface area contributed by atoms with E-state index in [0.717, 1.165) is 11.3 Å². The van der Waals surface area contributed by atoms with Crippen LogP contribution in [0.4, 0.5) is 5.82 Å². The van der Waals surface area contributed by atoms with Crippen LogP contribution in [-0.4, -0.2) is 17.3 Å². The molecule has 78 valence electrons. The van der Waals surface area contributed by atoms with Gasteiger partial charge in [0.05, 0.1) is 12.8 Å². The maximum atomic E-state index is 5.94. The minimum absolute atomic E-state index is 0.448. The average molecular weight is 224 g/mol. The number of halogens is 1. The minimum Gasteiger partial charge on any atom is -0.497 e. The van der Waals surface area contributed by atoms with Gasteiger partial charge in [0.2, 0.25) is 0 Å². The van der Waals surface area contributed by atoms with Crippen LogP contribution in [-0.2, 0) is 0 Å². The van der Waals surface area contributed by atoms with E-state index in [-0.39, 0.29) is 0 Å². The van der Waals surface area contributed by atoms with Gasteiger partial charge < -0.3 is 10.5 Å². The molecule has 5 heteroatoms. The molecule has 0 amide bonds. The fourth-order valence-corrected chi connectivity index (χ4v) is 1.55. The van der Waals surface area contributed by atoms with Crippen LogP contribution < -0.4 is 10.5 Å². The smallest absolute Gasteiger partial charge is 0.145 e. The van der Waals surface area contributed by atoms with Gasteiger partial charge in [0.25, 0.3) is 0 Å². The van der Waals surface area contributed by atoms with Crippen molar-refractivity contribution in [3.05, 3.63) is 29.3 Å². The highest BCUT2D eigenvalue weighted by Gasteiger charge is 2.04. The van der Waals surface area contributed by atoms with E-state index in [0.29, 0.717) is 16.6 Å². The van der Waals surface area contributed by atoms with E-state index in [9.17, 15) is 0 Å². The van der Waals surface area contributed by atoms with Crippen molar-refractivity contribution in [2.45, 2.75) is 0 Å². The van der Waals surface area contributed by atoms with Gasteiger partial charge in [0.15, 0.2) is 0 Å². The van der Waals surface area contributed by atoms with Crippen LogP contribution in [0, 0.1) is 0 Å². The number of aromatic amines is 1. The lowest BCUT2D eigenvalue weighted by molar-refractivity contribution is 0.415. The Bertz CT molecular complexity index is 481. The number of ether oxygens (including phenoxy) is 1. The summed E-state index contributed by atoms with van der Waals surface area (Å²) >= 11 is 5.94. The number of methoxy groups -OCH3 is 1. The maximum absolute atomic E-state index is 5.94. The number of rotatable bonds is 2. The number of aromatic nitrogens is 2. The van der Waals surface area contributed by atoms with Crippen LogP contribution in [0.5, 0.6) is 5.75 Å². The van der Waals surface area contributed by atoms with Gasteiger partial charge in [-0.3, -0.25) is 5.10 Å². The summed E-state index contributed by atoms with van der Waals surface area (Å²) in [6.45, 7) is 0. The Morgan fingerprint density at radius 2 is 2.13 bits per heavy atom. The first-order valence-corrected chi connectivity index (χ1v) is 4.72. The number of hydrogen-bond acceptors (Lipinski definition) is 3. The largest absolute Gasteiger partial charge is 0.497 e. The molecular weight excluding hydrogens is 214 g/mol. The Morgan fingerprint density at radius 1 is 1.33 bits per heavy atom. The second kappa shape index (κ2) is 3.82. The van der Waals surface area contributed by atoms with E-state index in [1.54, 1.807) is 19.2 Å². The molecule has 0 bridgehead atoms. The molecule has 15 heavy (non-hydrogen) atoms. The zero-order valence-electron chi connectivity index (χ0n) is 8.12. The first kappa shape index (κ1) is 9.86. The highest BCUT2D eigenvalue weighted by molar-refractivity contribution is 6.31. The molecule has 0 saturated heterocycles. The Kier molecular flexibility index (Phi) is 2.51. The molecule has 1 heterocycles. The molecule has 4 nitrogen and oxygen atoms in total. The van der Waals surface area contributed by atoms with E-state index in [1.165, 1.54) is 0 Å². The molecule has 3 N–H and O–H groups in total. The molecular formula is C10H10ClN3O. The molecule has 0 atom stereocenters. The molecule has 0 aliphatic rings. The third-order valence-corrected chi connectivity index (χ3v) is 2.23. The summed E-state index contributed by atoms with van der Waals surface area (Å²) in [5.74, 6) is 1.15. The van der Waals surface area contributed by atoms with Crippen molar-refractivity contribution >= 4 is 17.4 Å². The van der Waals surface area contributed by atoms with Gasteiger partial charge in [-0.2, -0.15) is 5.10 Å². The van der Waals surface area contributed by atoms with E-state index < -0.39 is 0 Å². The highest BCUT2D eigenvalue weighted by Crippen LogP contribution is 2.27. The number of nitrogens with one attached hydrogen (secondary N) is 1. The second-order valence-corrected chi connectivity index (χ2v) is 3.52. The maximum Gasteiger partial charge on any atom is 0.145 e. The summed E-state index contributed by atoms with van der Waals surface area (Å²) in [5, 5.41) is 7.27. The van der Waals surface area contributed by atoms with Crippen LogP contribution in [0.3, 0.4) is 0 Å². The number of H-pyrrole nitrogens is 1. The minimum atomic E-state index is 0.448. The van der Waals surface area contributed by atoms with Crippen molar-refractivity contribution in [1.29, 1.82) is 0 Å². The predicted octanol–water partition coefficient (Wildman–Crippen LogP) is 2.32. The van der Waals surface area contributed by atoms with Gasteiger partial charge in [-0.1, -0.05) is 11.6 Å². The normalized spacial score (nSPS) is 10.3. The zero-order chi connectivity index (χ0) is 10.8. The fourth-order valence-electron chi connectivity index (χ4n) is 1.32.